The summed E-state index contributed by atoms with van der Waals surface area (Å²) < 4.78 is 14.2. The molecule has 0 aliphatic rings. The van der Waals surface area contributed by atoms with Crippen molar-refractivity contribution in [2.45, 2.75) is 58.3 Å². The van der Waals surface area contributed by atoms with E-state index in [4.69, 9.17) is 9.47 Å². The van der Waals surface area contributed by atoms with Gasteiger partial charge in [0.2, 0.25) is 0 Å². The topological polar surface area (TPSA) is 21.7 Å². The van der Waals surface area contributed by atoms with Crippen LogP contribution in [0.4, 0.5) is 0 Å². The van der Waals surface area contributed by atoms with E-state index >= 15 is 0 Å². The molecule has 0 aliphatic carbocycles. The van der Waals surface area contributed by atoms with Crippen LogP contribution in [0.15, 0.2) is 72.8 Å². The number of quaternary nitrogens is 2. The van der Waals surface area contributed by atoms with Gasteiger partial charge in [0.05, 0.1) is 67.6 Å². The zero-order valence-corrected chi connectivity index (χ0v) is 32.0. The van der Waals surface area contributed by atoms with Crippen LogP contribution in [0, 0.1) is 0 Å². The molecule has 0 atom stereocenters. The maximum Gasteiger partial charge on any atom is 0.119 e. The number of benzene rings is 3. The van der Waals surface area contributed by atoms with Crippen molar-refractivity contribution in [3.05, 3.63) is 95.1 Å². The third kappa shape index (κ3) is 17.7. The van der Waals surface area contributed by atoms with Crippen molar-refractivity contribution in [1.29, 1.82) is 0 Å². The summed E-state index contributed by atoms with van der Waals surface area (Å²) in [6.07, 6.45) is 18.5. The lowest BCUT2D eigenvalue weighted by Gasteiger charge is -2.31. The second kappa shape index (κ2) is 21.7. The number of ether oxygens (including phenoxy) is 2. The van der Waals surface area contributed by atoms with Crippen LogP contribution in [0.5, 0.6) is 11.5 Å². The minimum atomic E-state index is 0.784. The van der Waals surface area contributed by atoms with E-state index in [1.54, 1.807) is 0 Å². The van der Waals surface area contributed by atoms with Crippen molar-refractivity contribution in [3.8, 4) is 11.5 Å². The third-order valence-electron chi connectivity index (χ3n) is 9.49. The van der Waals surface area contributed by atoms with Gasteiger partial charge in [0.1, 0.15) is 11.5 Å². The monoisotopic (exact) mass is 670 g/mol. The highest BCUT2D eigenvalue weighted by atomic mass is 16.5. The fourth-order valence-electron chi connectivity index (χ4n) is 5.57. The van der Waals surface area contributed by atoms with Crippen molar-refractivity contribution in [3.63, 3.8) is 0 Å². The van der Waals surface area contributed by atoms with Crippen LogP contribution in [0.25, 0.3) is 24.3 Å². The molecule has 0 spiro atoms. The molecule has 0 heterocycles. The van der Waals surface area contributed by atoms with E-state index in [0.717, 1.165) is 53.1 Å². The molecule has 3 aromatic rings. The second-order valence-corrected chi connectivity index (χ2v) is 15.2. The van der Waals surface area contributed by atoms with E-state index in [2.05, 4.69) is 151 Å². The first-order chi connectivity index (χ1) is 23.5. The maximum absolute atomic E-state index is 6.00. The van der Waals surface area contributed by atoms with Gasteiger partial charge in [0.15, 0.2) is 0 Å². The minimum Gasteiger partial charge on any atom is -0.494 e. The Bertz CT molecular complexity index is 1360. The molecule has 0 radical (unpaired) electrons. The molecular weight excluding hydrogens is 603 g/mol. The number of likely N-dealkylation sites (N-methyl/N-ethyl adjacent to an activating group) is 2. The Hall–Kier alpha value is -3.38. The number of hydrogen-bond acceptors (Lipinski definition) is 3. The molecule has 0 saturated carbocycles. The van der Waals surface area contributed by atoms with E-state index in [9.17, 15) is 0 Å². The lowest BCUT2D eigenvalue weighted by Crippen LogP contribution is -2.44. The number of rotatable bonds is 24. The van der Waals surface area contributed by atoms with Gasteiger partial charge in [-0.25, -0.2) is 0 Å². The Balaban J connectivity index is 1.30. The van der Waals surface area contributed by atoms with Crippen molar-refractivity contribution >= 4 is 24.3 Å². The lowest BCUT2D eigenvalue weighted by molar-refractivity contribution is -0.890. The van der Waals surface area contributed by atoms with Gasteiger partial charge in [0.25, 0.3) is 0 Å². The molecule has 49 heavy (non-hydrogen) atoms. The lowest BCUT2D eigenvalue weighted by atomic mass is 10.1. The summed E-state index contributed by atoms with van der Waals surface area (Å²) in [6, 6.07) is 25.5. The minimum absolute atomic E-state index is 0.784. The largest absolute Gasteiger partial charge is 0.494 e. The van der Waals surface area contributed by atoms with E-state index < -0.39 is 0 Å². The van der Waals surface area contributed by atoms with Crippen molar-refractivity contribution < 1.29 is 18.4 Å². The van der Waals surface area contributed by atoms with Gasteiger partial charge < -0.3 is 23.3 Å². The van der Waals surface area contributed by atoms with Crippen LogP contribution in [0.3, 0.4) is 0 Å². The van der Waals surface area contributed by atoms with Gasteiger partial charge in [-0.2, -0.15) is 0 Å². The van der Waals surface area contributed by atoms with E-state index in [0.29, 0.717) is 0 Å². The number of hydrogen-bond donors (Lipinski definition) is 0. The predicted molar refractivity (Wildman–Crippen MR) is 213 cm³/mol. The van der Waals surface area contributed by atoms with E-state index in [1.807, 2.05) is 0 Å². The molecule has 0 fully saturated rings. The fraction of sp³-hybridized carbons (Fsp3) is 0.500. The quantitative estimate of drug-likeness (QED) is 0.0539. The first-order valence-electron chi connectivity index (χ1n) is 18.7. The number of unbranched alkanes of at least 4 members (excludes halogenated alkanes) is 6. The standard InChI is InChI=1S/C44H67N3O2/c1-8-46(4,5)34-13-9-11-15-37-48-43-29-25-41(26-30-43)23-21-39-17-19-40(20-18-39)22-24-42-27-31-44(32-28-42)49-38-16-12-10-14-35-47(6,7)36-33-45(2)3/h17-32H,8-16,33-38H2,1-7H3/q+2/b23-21+,24-22+. The molecule has 0 bridgehead atoms. The van der Waals surface area contributed by atoms with Gasteiger partial charge in [-0.05, 0) is 119 Å². The van der Waals surface area contributed by atoms with Crippen LogP contribution < -0.4 is 9.47 Å². The Labute approximate surface area is 300 Å². The molecule has 3 rings (SSSR count). The SMILES string of the molecule is CC[N+](C)(C)CCCCCCOc1ccc(/C=C/c2ccc(/C=C/c3ccc(OCCCCCC[N+](C)(C)CCN(C)C)cc3)cc2)cc1. The van der Waals surface area contributed by atoms with Crippen molar-refractivity contribution in [2.24, 2.45) is 0 Å². The summed E-state index contributed by atoms with van der Waals surface area (Å²) in [5, 5.41) is 0. The second-order valence-electron chi connectivity index (χ2n) is 15.2. The Morgan fingerprint density at radius 3 is 1.18 bits per heavy atom. The molecule has 0 saturated heterocycles. The van der Waals surface area contributed by atoms with Crippen molar-refractivity contribution in [2.75, 3.05) is 88.2 Å². The number of nitrogens with zero attached hydrogens (tertiary/aromatic N) is 3. The van der Waals surface area contributed by atoms with Gasteiger partial charge in [-0.1, -0.05) is 72.8 Å². The molecule has 0 amide bonds. The average molecular weight is 670 g/mol. The van der Waals surface area contributed by atoms with Crippen LogP contribution in [0.2, 0.25) is 0 Å². The van der Waals surface area contributed by atoms with Crippen LogP contribution in [0.1, 0.15) is 80.5 Å². The summed E-state index contributed by atoms with van der Waals surface area (Å²) in [5.74, 6) is 1.90. The molecule has 3 aromatic carbocycles. The Morgan fingerprint density at radius 1 is 0.469 bits per heavy atom. The first kappa shape index (κ1) is 40.1. The summed E-state index contributed by atoms with van der Waals surface area (Å²) >= 11 is 0. The van der Waals surface area contributed by atoms with Gasteiger partial charge in [0, 0.05) is 6.54 Å². The smallest absolute Gasteiger partial charge is 0.119 e. The van der Waals surface area contributed by atoms with Crippen molar-refractivity contribution in [1.82, 2.24) is 4.90 Å². The van der Waals surface area contributed by atoms with Crippen LogP contribution in [-0.4, -0.2) is 102 Å². The molecule has 268 valence electrons. The summed E-state index contributed by atoms with van der Waals surface area (Å²) in [6.45, 7) is 9.89. The molecule has 0 aliphatic heterocycles. The zero-order valence-electron chi connectivity index (χ0n) is 32.0. The first-order valence-corrected chi connectivity index (χ1v) is 18.7. The third-order valence-corrected chi connectivity index (χ3v) is 9.49. The predicted octanol–water partition coefficient (Wildman–Crippen LogP) is 9.64. The van der Waals surface area contributed by atoms with E-state index in [1.165, 1.54) is 87.0 Å². The highest BCUT2D eigenvalue weighted by Crippen LogP contribution is 2.18. The average Bonchev–Trinajstić information content (AvgIpc) is 3.09. The molecule has 0 N–H and O–H groups in total. The maximum atomic E-state index is 6.00. The van der Waals surface area contributed by atoms with Gasteiger partial charge >= 0.3 is 0 Å². The molecule has 0 unspecified atom stereocenters. The molecular formula is C44H67N3O2+2. The van der Waals surface area contributed by atoms with Crippen LogP contribution in [-0.2, 0) is 0 Å². The molecule has 5 nitrogen and oxygen atoms in total. The van der Waals surface area contributed by atoms with E-state index in [-0.39, 0.29) is 0 Å². The van der Waals surface area contributed by atoms with Gasteiger partial charge in [-0.15, -0.1) is 0 Å². The fourth-order valence-corrected chi connectivity index (χ4v) is 5.57. The zero-order chi connectivity index (χ0) is 35.4. The Kier molecular flexibility index (Phi) is 17.7. The highest BCUT2D eigenvalue weighted by Gasteiger charge is 2.14. The Morgan fingerprint density at radius 2 is 0.816 bits per heavy atom. The normalized spacial score (nSPS) is 12.4. The van der Waals surface area contributed by atoms with Gasteiger partial charge in [-0.3, -0.25) is 0 Å². The molecule has 0 aromatic heterocycles. The summed E-state index contributed by atoms with van der Waals surface area (Å²) in [7, 11) is 13.6. The van der Waals surface area contributed by atoms with Crippen LogP contribution >= 0.6 is 0 Å². The summed E-state index contributed by atoms with van der Waals surface area (Å²) in [4.78, 5) is 2.27. The highest BCUT2D eigenvalue weighted by molar-refractivity contribution is 5.73. The summed E-state index contributed by atoms with van der Waals surface area (Å²) in [5.41, 5.74) is 4.71. The molecule has 5 heteroatoms.